The Morgan fingerprint density at radius 1 is 1.47 bits per heavy atom. The van der Waals surface area contributed by atoms with E-state index >= 15 is 0 Å². The second-order valence-corrected chi connectivity index (χ2v) is 7.04. The summed E-state index contributed by atoms with van der Waals surface area (Å²) < 4.78 is 30.1. The van der Waals surface area contributed by atoms with Gasteiger partial charge in [0.1, 0.15) is 17.5 Å². The van der Waals surface area contributed by atoms with Crippen molar-refractivity contribution in [1.29, 1.82) is 0 Å². The summed E-state index contributed by atoms with van der Waals surface area (Å²) in [5.41, 5.74) is 1.21. The van der Waals surface area contributed by atoms with Crippen molar-refractivity contribution >= 4 is 21.4 Å². The molecule has 1 unspecified atom stereocenters. The fraction of sp³-hybridized carbons (Fsp3) is 0.636. The van der Waals surface area contributed by atoms with Crippen LogP contribution in [0.5, 0.6) is 5.88 Å². The van der Waals surface area contributed by atoms with E-state index in [2.05, 4.69) is 5.10 Å². The molecule has 0 N–H and O–H groups in total. The molecule has 0 spiro atoms. The van der Waals surface area contributed by atoms with E-state index in [9.17, 15) is 13.2 Å². The van der Waals surface area contributed by atoms with Crippen LogP contribution in [0, 0.1) is 6.92 Å². The third kappa shape index (κ3) is 2.32. The lowest BCUT2D eigenvalue weighted by Gasteiger charge is -2.29. The normalized spacial score (nSPS) is 16.7. The molecule has 2 rings (SSSR count). The molecule has 1 amide bonds. The first-order valence-electron chi connectivity index (χ1n) is 5.90. The molecule has 1 aliphatic heterocycles. The van der Waals surface area contributed by atoms with Crippen LogP contribution in [-0.2, 0) is 21.7 Å². The van der Waals surface area contributed by atoms with E-state index in [0.717, 1.165) is 6.26 Å². The van der Waals surface area contributed by atoms with Crippen molar-refractivity contribution in [2.24, 2.45) is 7.05 Å². The van der Waals surface area contributed by atoms with Gasteiger partial charge in [0.05, 0.1) is 12.2 Å². The molecule has 0 fully saturated rings. The number of anilines is 1. The van der Waals surface area contributed by atoms with E-state index < -0.39 is 21.0 Å². The van der Waals surface area contributed by atoms with Crippen molar-refractivity contribution in [2.75, 3.05) is 24.3 Å². The molecule has 7 nitrogen and oxygen atoms in total. The minimum absolute atomic E-state index is 0.328. The highest BCUT2D eigenvalue weighted by molar-refractivity contribution is 7.92. The van der Waals surface area contributed by atoms with E-state index in [0.29, 0.717) is 30.4 Å². The SMILES string of the molecule is Cc1nn(C)c2c1N(C(=O)C(C)S(C)(=O)=O)CCO2. The molecular weight excluding hydrogens is 270 g/mol. The Morgan fingerprint density at radius 3 is 2.68 bits per heavy atom. The fourth-order valence-electron chi connectivity index (χ4n) is 2.07. The van der Waals surface area contributed by atoms with Gasteiger partial charge < -0.3 is 9.64 Å². The Kier molecular flexibility index (Phi) is 3.29. The number of carbonyl (C=O) groups excluding carboxylic acids is 1. The van der Waals surface area contributed by atoms with Crippen LogP contribution in [0.4, 0.5) is 5.69 Å². The number of aromatic nitrogens is 2. The van der Waals surface area contributed by atoms with Gasteiger partial charge in [0.2, 0.25) is 11.8 Å². The summed E-state index contributed by atoms with van der Waals surface area (Å²) in [5, 5.41) is 3.12. The number of fused-ring (bicyclic) bond motifs is 1. The molecule has 8 heteroatoms. The van der Waals surface area contributed by atoms with Crippen LogP contribution in [0.2, 0.25) is 0 Å². The van der Waals surface area contributed by atoms with Crippen LogP contribution in [0.1, 0.15) is 12.6 Å². The summed E-state index contributed by atoms with van der Waals surface area (Å²) >= 11 is 0. The second kappa shape index (κ2) is 4.52. The lowest BCUT2D eigenvalue weighted by molar-refractivity contribution is -0.118. The van der Waals surface area contributed by atoms with E-state index in [4.69, 9.17) is 4.74 Å². The summed E-state index contributed by atoms with van der Waals surface area (Å²) in [5.74, 6) is 0.0564. The zero-order chi connectivity index (χ0) is 14.4. The van der Waals surface area contributed by atoms with Crippen LogP contribution in [0.25, 0.3) is 0 Å². The number of rotatable bonds is 2. The molecule has 0 aliphatic carbocycles. The van der Waals surface area contributed by atoms with Crippen LogP contribution in [0.3, 0.4) is 0 Å². The first-order valence-corrected chi connectivity index (χ1v) is 7.85. The highest BCUT2D eigenvalue weighted by Gasteiger charge is 2.35. The van der Waals surface area contributed by atoms with Crippen molar-refractivity contribution in [1.82, 2.24) is 9.78 Å². The molecule has 0 saturated heterocycles. The summed E-state index contributed by atoms with van der Waals surface area (Å²) in [7, 11) is -1.70. The number of hydrogen-bond acceptors (Lipinski definition) is 5. The molecule has 0 radical (unpaired) electrons. The number of ether oxygens (including phenoxy) is 1. The van der Waals surface area contributed by atoms with Crippen molar-refractivity contribution in [3.63, 3.8) is 0 Å². The number of sulfone groups is 1. The summed E-state index contributed by atoms with van der Waals surface area (Å²) in [6.07, 6.45) is 1.06. The predicted octanol–water partition coefficient (Wildman–Crippen LogP) is -0.113. The quantitative estimate of drug-likeness (QED) is 0.758. The standard InChI is InChI=1S/C11H17N3O4S/c1-7-9-11(13(3)12-7)18-6-5-14(9)10(15)8(2)19(4,16)17/h8H,5-6H2,1-4H3. The minimum Gasteiger partial charge on any atom is -0.474 e. The van der Waals surface area contributed by atoms with Gasteiger partial charge in [-0.25, -0.2) is 13.1 Å². The second-order valence-electron chi connectivity index (χ2n) is 4.67. The third-order valence-corrected chi connectivity index (χ3v) is 4.70. The Labute approximate surface area is 112 Å². The van der Waals surface area contributed by atoms with E-state index in [1.807, 2.05) is 0 Å². The molecule has 106 valence electrons. The molecule has 19 heavy (non-hydrogen) atoms. The van der Waals surface area contributed by atoms with Crippen LogP contribution in [-0.4, -0.2) is 48.8 Å². The maximum absolute atomic E-state index is 12.3. The van der Waals surface area contributed by atoms with Crippen LogP contribution >= 0.6 is 0 Å². The Balaban J connectivity index is 2.42. The first kappa shape index (κ1) is 13.9. The van der Waals surface area contributed by atoms with Gasteiger partial charge in [0, 0.05) is 13.3 Å². The van der Waals surface area contributed by atoms with Crippen LogP contribution in [0.15, 0.2) is 0 Å². The minimum atomic E-state index is -3.42. The molecule has 1 aliphatic rings. The fourth-order valence-corrected chi connectivity index (χ4v) is 2.56. The van der Waals surface area contributed by atoms with Crippen molar-refractivity contribution in [3.8, 4) is 5.88 Å². The van der Waals surface area contributed by atoms with E-state index in [1.165, 1.54) is 11.8 Å². The molecular formula is C11H17N3O4S. The number of amides is 1. The van der Waals surface area contributed by atoms with Gasteiger partial charge in [-0.15, -0.1) is 0 Å². The van der Waals surface area contributed by atoms with Gasteiger partial charge in [-0.2, -0.15) is 5.10 Å². The first-order chi connectivity index (χ1) is 8.73. The third-order valence-electron chi connectivity index (χ3n) is 3.22. The smallest absolute Gasteiger partial charge is 0.245 e. The van der Waals surface area contributed by atoms with Gasteiger partial charge in [0.25, 0.3) is 0 Å². The van der Waals surface area contributed by atoms with Crippen molar-refractivity contribution in [2.45, 2.75) is 19.1 Å². The predicted molar refractivity (Wildman–Crippen MR) is 70.1 cm³/mol. The molecule has 1 aromatic heterocycles. The monoisotopic (exact) mass is 287 g/mol. The Hall–Kier alpha value is -1.57. The molecule has 2 heterocycles. The largest absolute Gasteiger partial charge is 0.474 e. The number of hydrogen-bond donors (Lipinski definition) is 0. The zero-order valence-electron chi connectivity index (χ0n) is 11.4. The molecule has 0 aromatic carbocycles. The molecule has 0 bridgehead atoms. The highest BCUT2D eigenvalue weighted by atomic mass is 32.2. The summed E-state index contributed by atoms with van der Waals surface area (Å²) in [6.45, 7) is 3.82. The maximum atomic E-state index is 12.3. The van der Waals surface area contributed by atoms with E-state index in [-0.39, 0.29) is 0 Å². The number of nitrogens with zero attached hydrogens (tertiary/aromatic N) is 3. The van der Waals surface area contributed by atoms with Gasteiger partial charge in [0.15, 0.2) is 9.84 Å². The van der Waals surface area contributed by atoms with Gasteiger partial charge in [-0.05, 0) is 13.8 Å². The number of aryl methyl sites for hydroxylation is 2. The maximum Gasteiger partial charge on any atom is 0.245 e. The Morgan fingerprint density at radius 2 is 2.11 bits per heavy atom. The van der Waals surface area contributed by atoms with Gasteiger partial charge in [-0.3, -0.25) is 4.79 Å². The lowest BCUT2D eigenvalue weighted by Crippen LogP contribution is -2.45. The molecule has 1 atom stereocenters. The molecule has 1 aromatic rings. The highest BCUT2D eigenvalue weighted by Crippen LogP contribution is 2.34. The lowest BCUT2D eigenvalue weighted by atomic mass is 10.2. The number of carbonyl (C=O) groups is 1. The Bertz CT molecular complexity index is 620. The van der Waals surface area contributed by atoms with Crippen molar-refractivity contribution < 1.29 is 17.9 Å². The van der Waals surface area contributed by atoms with Gasteiger partial charge >= 0.3 is 0 Å². The average Bonchev–Trinajstić information content (AvgIpc) is 2.62. The summed E-state index contributed by atoms with van der Waals surface area (Å²) in [6, 6.07) is 0. The van der Waals surface area contributed by atoms with E-state index in [1.54, 1.807) is 18.7 Å². The van der Waals surface area contributed by atoms with Gasteiger partial charge in [-0.1, -0.05) is 0 Å². The van der Waals surface area contributed by atoms with Crippen molar-refractivity contribution in [3.05, 3.63) is 5.69 Å². The summed E-state index contributed by atoms with van der Waals surface area (Å²) in [4.78, 5) is 13.8. The van der Waals surface area contributed by atoms with Crippen LogP contribution < -0.4 is 9.64 Å². The topological polar surface area (TPSA) is 81.5 Å². The molecule has 0 saturated carbocycles. The average molecular weight is 287 g/mol. The zero-order valence-corrected chi connectivity index (χ0v) is 12.2.